The van der Waals surface area contributed by atoms with Crippen molar-refractivity contribution in [3.05, 3.63) is 11.6 Å². The number of anilines is 2. The predicted octanol–water partition coefficient (Wildman–Crippen LogP) is 1.72. The topological polar surface area (TPSA) is 137 Å². The summed E-state index contributed by atoms with van der Waals surface area (Å²) in [6, 6.07) is 2.03. The van der Waals surface area contributed by atoms with Crippen LogP contribution < -0.4 is 10.2 Å². The Hall–Kier alpha value is -2.85. The van der Waals surface area contributed by atoms with Crippen LogP contribution in [0.1, 0.15) is 18.5 Å². The first kappa shape index (κ1) is 20.9. The molecule has 1 saturated heterocycles. The summed E-state index contributed by atoms with van der Waals surface area (Å²) >= 11 is 2.45. The van der Waals surface area contributed by atoms with E-state index in [9.17, 15) is 9.59 Å². The molecule has 0 bridgehead atoms. The fraction of sp³-hybridized carbons (Fsp3) is 0.500. The molecule has 0 aliphatic carbocycles. The number of aryl methyl sites for hydroxylation is 1. The van der Waals surface area contributed by atoms with Crippen LogP contribution in [-0.2, 0) is 9.53 Å². The average Bonchev–Trinajstić information content (AvgIpc) is 3.32. The number of nitrogens with one attached hydrogen (secondary N) is 1. The van der Waals surface area contributed by atoms with Gasteiger partial charge in [0, 0.05) is 33.1 Å². The Morgan fingerprint density at radius 2 is 2.10 bits per heavy atom. The molecule has 11 nitrogen and oxygen atoms in total. The second-order valence-electron chi connectivity index (χ2n) is 5.87. The van der Waals surface area contributed by atoms with Crippen LogP contribution in [0, 0.1) is 18.3 Å². The van der Waals surface area contributed by atoms with Crippen LogP contribution in [0.4, 0.5) is 15.8 Å². The molecule has 2 aromatic rings. The van der Waals surface area contributed by atoms with E-state index in [4.69, 9.17) is 14.4 Å². The van der Waals surface area contributed by atoms with E-state index in [1.807, 2.05) is 11.0 Å². The van der Waals surface area contributed by atoms with Crippen molar-refractivity contribution in [2.45, 2.75) is 18.2 Å². The highest BCUT2D eigenvalue weighted by Crippen LogP contribution is 2.26. The third-order valence-electron chi connectivity index (χ3n) is 3.95. The first-order valence-electron chi connectivity index (χ1n) is 8.80. The molecule has 154 valence electrons. The third kappa shape index (κ3) is 5.36. The van der Waals surface area contributed by atoms with Crippen LogP contribution in [0.2, 0.25) is 0 Å². The molecular formula is C16H19N7O4S2. The summed E-state index contributed by atoms with van der Waals surface area (Å²) in [5, 5.41) is 19.8. The van der Waals surface area contributed by atoms with E-state index < -0.39 is 6.09 Å². The zero-order valence-electron chi connectivity index (χ0n) is 15.9. The van der Waals surface area contributed by atoms with Gasteiger partial charge in [0.15, 0.2) is 10.2 Å². The van der Waals surface area contributed by atoms with Gasteiger partial charge in [0.1, 0.15) is 6.07 Å². The van der Waals surface area contributed by atoms with Crippen molar-refractivity contribution in [1.29, 1.82) is 5.26 Å². The molecule has 0 atom stereocenters. The molecule has 29 heavy (non-hydrogen) atoms. The van der Waals surface area contributed by atoms with E-state index in [1.54, 1.807) is 18.7 Å². The van der Waals surface area contributed by atoms with Crippen molar-refractivity contribution in [3.8, 4) is 6.07 Å². The third-order valence-corrected chi connectivity index (χ3v) is 5.91. The fourth-order valence-electron chi connectivity index (χ4n) is 2.65. The maximum Gasteiger partial charge on any atom is 0.413 e. The molecule has 2 amide bonds. The van der Waals surface area contributed by atoms with Crippen molar-refractivity contribution >= 4 is 46.1 Å². The second-order valence-corrected chi connectivity index (χ2v) is 8.07. The molecule has 1 N–H and O–H groups in total. The van der Waals surface area contributed by atoms with Crippen molar-refractivity contribution in [2.75, 3.05) is 48.8 Å². The predicted molar refractivity (Wildman–Crippen MR) is 106 cm³/mol. The van der Waals surface area contributed by atoms with Gasteiger partial charge < -0.3 is 19.0 Å². The number of hydrogen-bond acceptors (Lipinski definition) is 11. The van der Waals surface area contributed by atoms with Gasteiger partial charge in [0.2, 0.25) is 22.6 Å². The zero-order valence-corrected chi connectivity index (χ0v) is 17.5. The second kappa shape index (κ2) is 9.57. The number of hydrogen-bond donors (Lipinski definition) is 1. The quantitative estimate of drug-likeness (QED) is 0.525. The minimum absolute atomic E-state index is 0.0148. The Labute approximate surface area is 175 Å². The molecule has 1 fully saturated rings. The highest BCUT2D eigenvalue weighted by molar-refractivity contribution is 8.01. The molecule has 2 aromatic heterocycles. The molecule has 0 unspecified atom stereocenters. The number of thioether (sulfide) groups is 1. The molecule has 3 rings (SSSR count). The van der Waals surface area contributed by atoms with E-state index in [-0.39, 0.29) is 24.0 Å². The summed E-state index contributed by atoms with van der Waals surface area (Å²) in [6.07, 6.45) is -0.587. The maximum atomic E-state index is 12.5. The average molecular weight is 438 g/mol. The van der Waals surface area contributed by atoms with Gasteiger partial charge in [-0.15, -0.1) is 10.2 Å². The molecule has 3 heterocycles. The smallest absolute Gasteiger partial charge is 0.413 e. The standard InChI is InChI=1S/C16H19N7O4S2/c1-3-26-15(25)19-14-20-21-16(29-14)28-9-12(24)22-4-6-23(7-5-22)13-11(8-17)18-10(2)27-13/h3-7,9H2,1-2H3,(H,19,20,25). The number of rotatable bonds is 6. The molecule has 1 aliphatic heterocycles. The van der Waals surface area contributed by atoms with Crippen molar-refractivity contribution < 1.29 is 18.7 Å². The number of aromatic nitrogens is 3. The summed E-state index contributed by atoms with van der Waals surface area (Å²) in [7, 11) is 0. The van der Waals surface area contributed by atoms with Crippen LogP contribution in [0.25, 0.3) is 0 Å². The van der Waals surface area contributed by atoms with Crippen molar-refractivity contribution in [2.24, 2.45) is 0 Å². The summed E-state index contributed by atoms with van der Waals surface area (Å²) in [6.45, 7) is 5.84. The fourth-order valence-corrected chi connectivity index (χ4v) is 4.29. The van der Waals surface area contributed by atoms with E-state index in [2.05, 4.69) is 20.5 Å². The van der Waals surface area contributed by atoms with Crippen LogP contribution in [0.3, 0.4) is 0 Å². The van der Waals surface area contributed by atoms with Gasteiger partial charge in [0.25, 0.3) is 0 Å². The Morgan fingerprint density at radius 1 is 1.34 bits per heavy atom. The Balaban J connectivity index is 1.46. The normalized spacial score (nSPS) is 13.8. The van der Waals surface area contributed by atoms with Gasteiger partial charge in [-0.3, -0.25) is 10.1 Å². The van der Waals surface area contributed by atoms with Crippen LogP contribution in [0.15, 0.2) is 8.76 Å². The van der Waals surface area contributed by atoms with E-state index >= 15 is 0 Å². The molecule has 0 spiro atoms. The van der Waals surface area contributed by atoms with Crippen LogP contribution in [0.5, 0.6) is 0 Å². The first-order valence-corrected chi connectivity index (χ1v) is 10.6. The van der Waals surface area contributed by atoms with Gasteiger partial charge >= 0.3 is 6.09 Å². The van der Waals surface area contributed by atoms with E-state index in [0.29, 0.717) is 47.4 Å². The van der Waals surface area contributed by atoms with Gasteiger partial charge in [0.05, 0.1) is 12.4 Å². The summed E-state index contributed by atoms with van der Waals surface area (Å²) < 4.78 is 10.9. The molecule has 0 radical (unpaired) electrons. The molecule has 0 aromatic carbocycles. The van der Waals surface area contributed by atoms with Crippen LogP contribution in [-0.4, -0.2) is 70.6 Å². The first-order chi connectivity index (χ1) is 14.0. The van der Waals surface area contributed by atoms with E-state index in [1.165, 1.54) is 23.1 Å². The minimum atomic E-state index is -0.587. The van der Waals surface area contributed by atoms with Crippen LogP contribution >= 0.6 is 23.1 Å². The largest absolute Gasteiger partial charge is 0.450 e. The molecule has 1 aliphatic rings. The number of carbonyl (C=O) groups excluding carboxylic acids is 2. The highest BCUT2D eigenvalue weighted by Gasteiger charge is 2.26. The number of piperazine rings is 1. The number of nitrogens with zero attached hydrogens (tertiary/aromatic N) is 6. The summed E-state index contributed by atoms with van der Waals surface area (Å²) in [5.74, 6) is 1.11. The van der Waals surface area contributed by atoms with Gasteiger partial charge in [-0.25, -0.2) is 9.78 Å². The lowest BCUT2D eigenvalue weighted by atomic mass is 10.3. The highest BCUT2D eigenvalue weighted by atomic mass is 32.2. The lowest BCUT2D eigenvalue weighted by Gasteiger charge is -2.34. The lowest BCUT2D eigenvalue weighted by Crippen LogP contribution is -2.49. The number of oxazole rings is 1. The Morgan fingerprint density at radius 3 is 2.79 bits per heavy atom. The SMILES string of the molecule is CCOC(=O)Nc1nnc(SCC(=O)N2CCN(c3oc(C)nc3C#N)CC2)s1. The summed E-state index contributed by atoms with van der Waals surface area (Å²) in [4.78, 5) is 31.6. The number of nitriles is 1. The van der Waals surface area contributed by atoms with Crippen molar-refractivity contribution in [1.82, 2.24) is 20.1 Å². The Bertz CT molecular complexity index is 915. The molecule has 13 heteroatoms. The van der Waals surface area contributed by atoms with Gasteiger partial charge in [-0.05, 0) is 6.92 Å². The van der Waals surface area contributed by atoms with Gasteiger partial charge in [-0.1, -0.05) is 23.1 Å². The number of carbonyl (C=O) groups is 2. The van der Waals surface area contributed by atoms with Crippen molar-refractivity contribution in [3.63, 3.8) is 0 Å². The maximum absolute atomic E-state index is 12.5. The molecule has 0 saturated carbocycles. The van der Waals surface area contributed by atoms with E-state index in [0.717, 1.165) is 0 Å². The minimum Gasteiger partial charge on any atom is -0.450 e. The monoisotopic (exact) mass is 437 g/mol. The zero-order chi connectivity index (χ0) is 20.8. The number of ether oxygens (including phenoxy) is 1. The van der Waals surface area contributed by atoms with Gasteiger partial charge in [-0.2, -0.15) is 5.26 Å². The number of amides is 2. The lowest BCUT2D eigenvalue weighted by molar-refractivity contribution is -0.128. The molecular weight excluding hydrogens is 418 g/mol. The Kier molecular flexibility index (Phi) is 6.89. The summed E-state index contributed by atoms with van der Waals surface area (Å²) in [5.41, 5.74) is 0.265.